The summed E-state index contributed by atoms with van der Waals surface area (Å²) in [5, 5.41) is 11.9. The van der Waals surface area contributed by atoms with Crippen molar-refractivity contribution in [2.75, 3.05) is 12.9 Å². The minimum absolute atomic E-state index is 0.0582. The number of carbonyl (C=O) groups excluding carboxylic acids is 1. The van der Waals surface area contributed by atoms with Crippen LogP contribution in [0, 0.1) is 0 Å². The number of thioether (sulfide) groups is 1. The summed E-state index contributed by atoms with van der Waals surface area (Å²) in [4.78, 5) is 12.1. The molecule has 128 valence electrons. The highest BCUT2D eigenvalue weighted by Crippen LogP contribution is 2.18. The lowest BCUT2D eigenvalue weighted by molar-refractivity contribution is -0.118. The van der Waals surface area contributed by atoms with Crippen LogP contribution in [-0.2, 0) is 24.3 Å². The molecule has 0 aliphatic rings. The summed E-state index contributed by atoms with van der Waals surface area (Å²) in [5.74, 6) is 1.89. The first-order valence-corrected chi connectivity index (χ1v) is 8.72. The van der Waals surface area contributed by atoms with Gasteiger partial charge in [0.25, 0.3) is 0 Å². The van der Waals surface area contributed by atoms with Crippen LogP contribution < -0.4 is 10.1 Å². The van der Waals surface area contributed by atoms with Gasteiger partial charge in [-0.2, -0.15) is 0 Å². The molecule has 1 amide bonds. The first kappa shape index (κ1) is 18.1. The van der Waals surface area contributed by atoms with Crippen molar-refractivity contribution >= 4 is 17.7 Å². The molecule has 0 aliphatic carbocycles. The molecule has 0 saturated carbocycles. The smallest absolute Gasteiger partial charge is 0.230 e. The van der Waals surface area contributed by atoms with Gasteiger partial charge in [-0.25, -0.2) is 0 Å². The van der Waals surface area contributed by atoms with Crippen LogP contribution in [0.1, 0.15) is 18.3 Å². The Hall–Kier alpha value is -2.28. The Labute approximate surface area is 146 Å². The molecule has 0 saturated heterocycles. The van der Waals surface area contributed by atoms with E-state index >= 15 is 0 Å². The number of nitrogens with one attached hydrogen (secondary N) is 1. The molecule has 2 rings (SSSR count). The Bertz CT molecular complexity index is 700. The Morgan fingerprint density at radius 2 is 2.21 bits per heavy atom. The number of para-hydroxylation sites is 1. The first-order valence-electron chi connectivity index (χ1n) is 7.74. The zero-order chi connectivity index (χ0) is 17.4. The van der Waals surface area contributed by atoms with Gasteiger partial charge in [-0.3, -0.25) is 4.79 Å². The van der Waals surface area contributed by atoms with Crippen molar-refractivity contribution in [2.24, 2.45) is 0 Å². The predicted octanol–water partition coefficient (Wildman–Crippen LogP) is 2.44. The number of benzene rings is 1. The number of allylic oxidation sites excluding steroid dienone is 1. The number of aryl methyl sites for hydroxylation is 1. The number of rotatable bonds is 9. The van der Waals surface area contributed by atoms with Gasteiger partial charge in [-0.15, -0.1) is 16.8 Å². The third-order valence-corrected chi connectivity index (χ3v) is 4.39. The second-order valence-electron chi connectivity index (χ2n) is 5.03. The van der Waals surface area contributed by atoms with Crippen LogP contribution in [0.15, 0.2) is 42.1 Å². The van der Waals surface area contributed by atoms with Gasteiger partial charge >= 0.3 is 0 Å². The minimum atomic E-state index is -0.0582. The fourth-order valence-electron chi connectivity index (χ4n) is 2.22. The molecule has 0 aliphatic heterocycles. The van der Waals surface area contributed by atoms with E-state index in [-0.39, 0.29) is 11.7 Å². The normalized spacial score (nSPS) is 10.4. The molecule has 1 aromatic heterocycles. The molecule has 2 aromatic rings. The molecular formula is C17H22N4O2S. The van der Waals surface area contributed by atoms with Crippen molar-refractivity contribution in [3.8, 4) is 5.75 Å². The molecule has 0 unspecified atom stereocenters. The maximum Gasteiger partial charge on any atom is 0.230 e. The highest BCUT2D eigenvalue weighted by Gasteiger charge is 2.12. The Balaban J connectivity index is 1.89. The number of nitrogens with zero attached hydrogens (tertiary/aromatic N) is 3. The van der Waals surface area contributed by atoms with Crippen molar-refractivity contribution < 1.29 is 9.53 Å². The molecule has 1 N–H and O–H groups in total. The van der Waals surface area contributed by atoms with E-state index in [1.54, 1.807) is 13.2 Å². The number of methoxy groups -OCH3 is 1. The van der Waals surface area contributed by atoms with E-state index < -0.39 is 0 Å². The summed E-state index contributed by atoms with van der Waals surface area (Å²) in [6.45, 7) is 6.85. The van der Waals surface area contributed by atoms with Crippen LogP contribution in [0.3, 0.4) is 0 Å². The number of amides is 1. The fraction of sp³-hybridized carbons (Fsp3) is 0.353. The molecule has 0 bridgehead atoms. The third-order valence-electron chi connectivity index (χ3n) is 3.42. The van der Waals surface area contributed by atoms with Crippen LogP contribution in [0.4, 0.5) is 0 Å². The van der Waals surface area contributed by atoms with Gasteiger partial charge in [-0.05, 0) is 6.07 Å². The Morgan fingerprint density at radius 3 is 2.92 bits per heavy atom. The van der Waals surface area contributed by atoms with Crippen LogP contribution >= 0.6 is 11.8 Å². The molecular weight excluding hydrogens is 324 g/mol. The molecule has 1 aromatic carbocycles. The molecule has 0 atom stereocenters. The van der Waals surface area contributed by atoms with Gasteiger partial charge in [0.1, 0.15) is 11.6 Å². The monoisotopic (exact) mass is 346 g/mol. The van der Waals surface area contributed by atoms with Crippen LogP contribution in [0.5, 0.6) is 5.75 Å². The summed E-state index contributed by atoms with van der Waals surface area (Å²) >= 11 is 1.37. The second-order valence-corrected chi connectivity index (χ2v) is 5.97. The third kappa shape index (κ3) is 4.61. The number of aromatic nitrogens is 3. The van der Waals surface area contributed by atoms with Gasteiger partial charge < -0.3 is 14.6 Å². The summed E-state index contributed by atoms with van der Waals surface area (Å²) in [5.41, 5.74) is 0.946. The maximum absolute atomic E-state index is 12.1. The van der Waals surface area contributed by atoms with E-state index in [1.165, 1.54) is 11.8 Å². The van der Waals surface area contributed by atoms with E-state index in [0.717, 1.165) is 28.7 Å². The summed E-state index contributed by atoms with van der Waals surface area (Å²) < 4.78 is 7.25. The van der Waals surface area contributed by atoms with E-state index in [0.29, 0.717) is 13.1 Å². The molecule has 0 radical (unpaired) electrons. The van der Waals surface area contributed by atoms with Gasteiger partial charge in [0.05, 0.1) is 12.9 Å². The quantitative estimate of drug-likeness (QED) is 0.558. The van der Waals surface area contributed by atoms with Crippen molar-refractivity contribution in [3.05, 3.63) is 48.3 Å². The van der Waals surface area contributed by atoms with Crippen molar-refractivity contribution in [2.45, 2.75) is 31.6 Å². The average molecular weight is 346 g/mol. The summed E-state index contributed by atoms with van der Waals surface area (Å²) in [7, 11) is 1.62. The minimum Gasteiger partial charge on any atom is -0.496 e. The standard InChI is InChI=1S/C17H22N4O2S/c1-4-10-21-15(5-2)19-20-17(21)24-12-16(22)18-11-13-8-6-7-9-14(13)23-3/h4,6-9H,1,5,10-12H2,2-3H3,(H,18,22). The van der Waals surface area contributed by atoms with E-state index in [9.17, 15) is 4.79 Å². The largest absolute Gasteiger partial charge is 0.496 e. The molecule has 6 nitrogen and oxygen atoms in total. The van der Waals surface area contributed by atoms with Crippen LogP contribution in [-0.4, -0.2) is 33.5 Å². The van der Waals surface area contributed by atoms with Gasteiger partial charge in [0, 0.05) is 25.1 Å². The van der Waals surface area contributed by atoms with Crippen molar-refractivity contribution in [1.82, 2.24) is 20.1 Å². The lowest BCUT2D eigenvalue weighted by Gasteiger charge is -2.09. The molecule has 1 heterocycles. The molecule has 0 fully saturated rings. The maximum atomic E-state index is 12.1. The number of hydrogen-bond acceptors (Lipinski definition) is 5. The highest BCUT2D eigenvalue weighted by molar-refractivity contribution is 7.99. The van der Waals surface area contributed by atoms with Gasteiger partial charge in [0.15, 0.2) is 5.16 Å². The highest BCUT2D eigenvalue weighted by atomic mass is 32.2. The predicted molar refractivity (Wildman–Crippen MR) is 95.2 cm³/mol. The van der Waals surface area contributed by atoms with Crippen LogP contribution in [0.2, 0.25) is 0 Å². The zero-order valence-corrected chi connectivity index (χ0v) is 14.8. The number of hydrogen-bond donors (Lipinski definition) is 1. The fourth-order valence-corrected chi connectivity index (χ4v) is 3.02. The Morgan fingerprint density at radius 1 is 1.42 bits per heavy atom. The van der Waals surface area contributed by atoms with Crippen molar-refractivity contribution in [1.29, 1.82) is 0 Å². The number of ether oxygens (including phenoxy) is 1. The zero-order valence-electron chi connectivity index (χ0n) is 14.0. The molecule has 7 heteroatoms. The van der Waals surface area contributed by atoms with E-state index in [1.807, 2.05) is 35.8 Å². The second kappa shape index (κ2) is 9.12. The topological polar surface area (TPSA) is 69.0 Å². The van der Waals surface area contributed by atoms with Gasteiger partial charge in [0.2, 0.25) is 5.91 Å². The molecule has 0 spiro atoms. The summed E-state index contributed by atoms with van der Waals surface area (Å²) in [6, 6.07) is 7.63. The van der Waals surface area contributed by atoms with Crippen LogP contribution in [0.25, 0.3) is 0 Å². The first-order chi connectivity index (χ1) is 11.7. The lowest BCUT2D eigenvalue weighted by Crippen LogP contribution is -2.25. The average Bonchev–Trinajstić information content (AvgIpc) is 3.00. The van der Waals surface area contributed by atoms with E-state index in [2.05, 4.69) is 22.1 Å². The molecule has 24 heavy (non-hydrogen) atoms. The van der Waals surface area contributed by atoms with Gasteiger partial charge in [-0.1, -0.05) is 43.0 Å². The SMILES string of the molecule is C=CCn1c(CC)nnc1SCC(=O)NCc1ccccc1OC. The van der Waals surface area contributed by atoms with Crippen molar-refractivity contribution in [3.63, 3.8) is 0 Å². The lowest BCUT2D eigenvalue weighted by atomic mass is 10.2. The van der Waals surface area contributed by atoms with E-state index in [4.69, 9.17) is 4.74 Å². The number of carbonyl (C=O) groups is 1. The Kier molecular flexibility index (Phi) is 6.87. The summed E-state index contributed by atoms with van der Waals surface area (Å²) in [6.07, 6.45) is 2.59.